The van der Waals surface area contributed by atoms with Crippen molar-refractivity contribution in [3.8, 4) is 0 Å². The molecule has 2 N–H and O–H groups in total. The lowest BCUT2D eigenvalue weighted by atomic mass is 10.1. The van der Waals surface area contributed by atoms with Crippen molar-refractivity contribution in [2.75, 3.05) is 26.0 Å². The Morgan fingerprint density at radius 3 is 2.80 bits per heavy atom. The molecular weight excluding hydrogens is 220 g/mol. The van der Waals surface area contributed by atoms with Crippen molar-refractivity contribution in [3.05, 3.63) is 0 Å². The minimum Gasteiger partial charge on any atom is -0.468 e. The van der Waals surface area contributed by atoms with Crippen LogP contribution in [-0.2, 0) is 19.6 Å². The number of ether oxygens (including phenoxy) is 1. The Kier molecular flexibility index (Phi) is 4.06. The van der Waals surface area contributed by atoms with Crippen LogP contribution < -0.4 is 5.73 Å². The van der Waals surface area contributed by atoms with Gasteiger partial charge in [-0.3, -0.25) is 4.79 Å². The van der Waals surface area contributed by atoms with Crippen molar-refractivity contribution in [1.29, 1.82) is 0 Å². The van der Waals surface area contributed by atoms with Crippen LogP contribution in [0.5, 0.6) is 0 Å². The SMILES string of the molecule is COC(=O)CS(=O)(=O)N1CCCC(N)C1. The lowest BCUT2D eigenvalue weighted by molar-refractivity contribution is -0.137. The van der Waals surface area contributed by atoms with Gasteiger partial charge in [-0.15, -0.1) is 0 Å². The third-order valence-electron chi connectivity index (χ3n) is 2.34. The Bertz CT molecular complexity index is 328. The average molecular weight is 236 g/mol. The fourth-order valence-corrected chi connectivity index (χ4v) is 2.95. The number of nitrogens with two attached hydrogens (primary N) is 1. The quantitative estimate of drug-likeness (QED) is 0.629. The van der Waals surface area contributed by atoms with Crippen LogP contribution >= 0.6 is 0 Å². The molecule has 15 heavy (non-hydrogen) atoms. The van der Waals surface area contributed by atoms with Crippen molar-refractivity contribution >= 4 is 16.0 Å². The first-order chi connectivity index (χ1) is 6.95. The van der Waals surface area contributed by atoms with Crippen LogP contribution in [0, 0.1) is 0 Å². The Morgan fingerprint density at radius 1 is 1.60 bits per heavy atom. The number of piperidine rings is 1. The summed E-state index contributed by atoms with van der Waals surface area (Å²) >= 11 is 0. The van der Waals surface area contributed by atoms with Crippen molar-refractivity contribution in [3.63, 3.8) is 0 Å². The van der Waals surface area contributed by atoms with Gasteiger partial charge in [-0.1, -0.05) is 0 Å². The second-order valence-electron chi connectivity index (χ2n) is 3.59. The van der Waals surface area contributed by atoms with E-state index >= 15 is 0 Å². The molecule has 1 aliphatic rings. The molecule has 0 aromatic heterocycles. The molecule has 0 aliphatic carbocycles. The van der Waals surface area contributed by atoms with Crippen molar-refractivity contribution < 1.29 is 17.9 Å². The molecule has 1 saturated heterocycles. The van der Waals surface area contributed by atoms with Gasteiger partial charge in [-0.2, -0.15) is 4.31 Å². The molecule has 0 saturated carbocycles. The molecule has 0 bridgehead atoms. The first-order valence-corrected chi connectivity index (χ1v) is 6.37. The van der Waals surface area contributed by atoms with E-state index in [0.717, 1.165) is 12.8 Å². The van der Waals surface area contributed by atoms with Crippen LogP contribution in [0.3, 0.4) is 0 Å². The monoisotopic (exact) mass is 236 g/mol. The van der Waals surface area contributed by atoms with Gasteiger partial charge < -0.3 is 10.5 Å². The number of hydrogen-bond donors (Lipinski definition) is 1. The third kappa shape index (κ3) is 3.44. The predicted molar refractivity (Wildman–Crippen MR) is 54.6 cm³/mol. The average Bonchev–Trinajstić information content (AvgIpc) is 2.17. The maximum atomic E-state index is 11.7. The summed E-state index contributed by atoms with van der Waals surface area (Å²) in [6, 6.07) is -0.133. The fourth-order valence-electron chi connectivity index (χ4n) is 1.53. The topological polar surface area (TPSA) is 89.7 Å². The zero-order valence-corrected chi connectivity index (χ0v) is 9.50. The van der Waals surface area contributed by atoms with E-state index in [1.807, 2.05) is 0 Å². The summed E-state index contributed by atoms with van der Waals surface area (Å²) in [5.74, 6) is -1.34. The van der Waals surface area contributed by atoms with E-state index in [9.17, 15) is 13.2 Å². The molecule has 1 aliphatic heterocycles. The summed E-state index contributed by atoms with van der Waals surface area (Å²) in [4.78, 5) is 10.9. The smallest absolute Gasteiger partial charge is 0.322 e. The highest BCUT2D eigenvalue weighted by Crippen LogP contribution is 2.12. The Hall–Kier alpha value is -0.660. The Morgan fingerprint density at radius 2 is 2.27 bits per heavy atom. The molecule has 0 aromatic rings. The Labute approximate surface area is 89.4 Å². The Balaban J connectivity index is 2.64. The number of methoxy groups -OCH3 is 1. The first kappa shape index (κ1) is 12.4. The molecule has 7 heteroatoms. The van der Waals surface area contributed by atoms with Gasteiger partial charge in [0.1, 0.15) is 0 Å². The van der Waals surface area contributed by atoms with Crippen LogP contribution in [0.25, 0.3) is 0 Å². The van der Waals surface area contributed by atoms with E-state index in [-0.39, 0.29) is 6.04 Å². The normalized spacial score (nSPS) is 23.7. The van der Waals surface area contributed by atoms with Gasteiger partial charge in [0.25, 0.3) is 0 Å². The second kappa shape index (κ2) is 4.91. The molecule has 88 valence electrons. The molecular formula is C8H16N2O4S. The number of nitrogens with zero attached hydrogens (tertiary/aromatic N) is 1. The molecule has 1 fully saturated rings. The molecule has 1 atom stereocenters. The summed E-state index contributed by atoms with van der Waals surface area (Å²) in [6.07, 6.45) is 1.56. The predicted octanol–water partition coefficient (Wildman–Crippen LogP) is -1.09. The van der Waals surface area contributed by atoms with E-state index in [1.54, 1.807) is 0 Å². The molecule has 0 spiro atoms. The number of carbonyl (C=O) groups is 1. The van der Waals surface area contributed by atoms with Gasteiger partial charge in [0, 0.05) is 19.1 Å². The van der Waals surface area contributed by atoms with Crippen LogP contribution in [-0.4, -0.2) is 50.7 Å². The highest BCUT2D eigenvalue weighted by atomic mass is 32.2. The van der Waals surface area contributed by atoms with Gasteiger partial charge in [0.2, 0.25) is 10.0 Å². The minimum absolute atomic E-state index is 0.133. The van der Waals surface area contributed by atoms with Gasteiger partial charge in [0.15, 0.2) is 5.75 Å². The van der Waals surface area contributed by atoms with Crippen molar-refractivity contribution in [2.45, 2.75) is 18.9 Å². The molecule has 1 rings (SSSR count). The molecule has 0 aromatic carbocycles. The van der Waals surface area contributed by atoms with E-state index in [2.05, 4.69) is 4.74 Å². The summed E-state index contributed by atoms with van der Waals surface area (Å²) in [6.45, 7) is 0.729. The minimum atomic E-state index is -3.55. The first-order valence-electron chi connectivity index (χ1n) is 4.76. The summed E-state index contributed by atoms with van der Waals surface area (Å²) in [7, 11) is -2.38. The molecule has 0 radical (unpaired) electrons. The number of hydrogen-bond acceptors (Lipinski definition) is 5. The number of rotatable bonds is 3. The summed E-state index contributed by atoms with van der Waals surface area (Å²) < 4.78 is 28.9. The van der Waals surface area contributed by atoms with Crippen LogP contribution in [0.4, 0.5) is 0 Å². The van der Waals surface area contributed by atoms with E-state index < -0.39 is 21.7 Å². The zero-order valence-electron chi connectivity index (χ0n) is 8.68. The molecule has 1 unspecified atom stereocenters. The molecule has 6 nitrogen and oxygen atoms in total. The van der Waals surface area contributed by atoms with Crippen molar-refractivity contribution in [1.82, 2.24) is 4.31 Å². The van der Waals surface area contributed by atoms with Gasteiger partial charge in [0.05, 0.1) is 7.11 Å². The summed E-state index contributed by atoms with van der Waals surface area (Å²) in [5, 5.41) is 0. The lowest BCUT2D eigenvalue weighted by Crippen LogP contribution is -2.47. The number of esters is 1. The number of sulfonamides is 1. The van der Waals surface area contributed by atoms with Crippen molar-refractivity contribution in [2.24, 2.45) is 5.73 Å². The van der Waals surface area contributed by atoms with Crippen LogP contribution in [0.1, 0.15) is 12.8 Å². The van der Waals surface area contributed by atoms with E-state index in [4.69, 9.17) is 5.73 Å². The largest absolute Gasteiger partial charge is 0.468 e. The molecule has 1 heterocycles. The standard InChI is InChI=1S/C8H16N2O4S/c1-14-8(11)6-15(12,13)10-4-2-3-7(9)5-10/h7H,2-6,9H2,1H3. The second-order valence-corrected chi connectivity index (χ2v) is 5.56. The molecule has 0 amide bonds. The van der Waals surface area contributed by atoms with Crippen LogP contribution in [0.2, 0.25) is 0 Å². The van der Waals surface area contributed by atoms with E-state index in [1.165, 1.54) is 11.4 Å². The lowest BCUT2D eigenvalue weighted by Gasteiger charge is -2.29. The fraction of sp³-hybridized carbons (Fsp3) is 0.875. The zero-order chi connectivity index (χ0) is 11.5. The maximum absolute atomic E-state index is 11.7. The number of carbonyl (C=O) groups excluding carboxylic acids is 1. The highest BCUT2D eigenvalue weighted by Gasteiger charge is 2.29. The van der Waals surface area contributed by atoms with Crippen LogP contribution in [0.15, 0.2) is 0 Å². The van der Waals surface area contributed by atoms with Gasteiger partial charge in [-0.25, -0.2) is 8.42 Å². The van der Waals surface area contributed by atoms with Gasteiger partial charge >= 0.3 is 5.97 Å². The third-order valence-corrected chi connectivity index (χ3v) is 4.06. The summed E-state index contributed by atoms with van der Waals surface area (Å²) in [5.41, 5.74) is 5.66. The maximum Gasteiger partial charge on any atom is 0.322 e. The van der Waals surface area contributed by atoms with E-state index in [0.29, 0.717) is 13.1 Å². The highest BCUT2D eigenvalue weighted by molar-refractivity contribution is 7.89. The van der Waals surface area contributed by atoms with Gasteiger partial charge in [-0.05, 0) is 12.8 Å².